The van der Waals surface area contributed by atoms with Crippen molar-refractivity contribution in [3.8, 4) is 0 Å². The number of rotatable bonds is 9. The Labute approximate surface area is 183 Å². The fourth-order valence-electron chi connectivity index (χ4n) is 3.00. The van der Waals surface area contributed by atoms with Crippen LogP contribution in [0.4, 0.5) is 0 Å². The second kappa shape index (κ2) is 12.7. The van der Waals surface area contributed by atoms with E-state index in [0.29, 0.717) is 0 Å². The molecule has 2 aromatic rings. The second-order valence-corrected chi connectivity index (χ2v) is 6.59. The SMILES string of the molecule is CN=C(NCCCOC1CCOC1)NCc1cccc(Cn2cccn2)c1.I. The molecule has 1 atom stereocenters. The zero-order valence-corrected chi connectivity index (χ0v) is 18.7. The minimum absolute atomic E-state index is 0. The van der Waals surface area contributed by atoms with E-state index in [4.69, 9.17) is 9.47 Å². The summed E-state index contributed by atoms with van der Waals surface area (Å²) in [4.78, 5) is 4.28. The standard InChI is InChI=1S/C20H29N5O2.HI/c1-21-20(22-8-4-11-27-19-7-12-26-16-19)23-14-17-5-2-6-18(13-17)15-25-10-3-9-24-25;/h2-3,5-6,9-10,13,19H,4,7-8,11-12,14-16H2,1H3,(H2,21,22,23);1H. The lowest BCUT2D eigenvalue weighted by molar-refractivity contribution is 0.0420. The van der Waals surface area contributed by atoms with E-state index in [1.54, 1.807) is 13.2 Å². The van der Waals surface area contributed by atoms with Crippen molar-refractivity contribution < 1.29 is 9.47 Å². The van der Waals surface area contributed by atoms with Crippen molar-refractivity contribution in [2.45, 2.75) is 32.0 Å². The van der Waals surface area contributed by atoms with E-state index in [2.05, 4.69) is 45.0 Å². The number of nitrogens with zero attached hydrogens (tertiary/aromatic N) is 3. The van der Waals surface area contributed by atoms with Gasteiger partial charge in [-0.3, -0.25) is 9.67 Å². The largest absolute Gasteiger partial charge is 0.379 e. The predicted molar refractivity (Wildman–Crippen MR) is 121 cm³/mol. The van der Waals surface area contributed by atoms with Crippen LogP contribution in [0.2, 0.25) is 0 Å². The van der Waals surface area contributed by atoms with Crippen LogP contribution in [-0.4, -0.2) is 55.3 Å². The molecule has 2 heterocycles. The average Bonchev–Trinajstić information content (AvgIpc) is 3.38. The highest BCUT2D eigenvalue weighted by Gasteiger charge is 2.15. The van der Waals surface area contributed by atoms with Gasteiger partial charge in [-0.15, -0.1) is 24.0 Å². The number of hydrogen-bond donors (Lipinski definition) is 2. The molecule has 3 rings (SSSR count). The Kier molecular flexibility index (Phi) is 10.3. The van der Waals surface area contributed by atoms with Gasteiger partial charge in [0, 0.05) is 45.7 Å². The highest BCUT2D eigenvalue weighted by atomic mass is 127. The number of aliphatic imine (C=N–C) groups is 1. The Morgan fingerprint density at radius 1 is 1.32 bits per heavy atom. The third-order valence-electron chi connectivity index (χ3n) is 4.43. The van der Waals surface area contributed by atoms with Crippen LogP contribution in [0, 0.1) is 0 Å². The highest BCUT2D eigenvalue weighted by molar-refractivity contribution is 14.0. The Morgan fingerprint density at radius 2 is 2.21 bits per heavy atom. The number of ether oxygens (including phenoxy) is 2. The van der Waals surface area contributed by atoms with E-state index in [1.807, 2.05) is 16.9 Å². The summed E-state index contributed by atoms with van der Waals surface area (Å²) in [6.07, 6.45) is 6.00. The maximum Gasteiger partial charge on any atom is 0.191 e. The summed E-state index contributed by atoms with van der Waals surface area (Å²) in [6.45, 7) is 4.63. The normalized spacial score (nSPS) is 16.6. The van der Waals surface area contributed by atoms with Crippen molar-refractivity contribution in [3.63, 3.8) is 0 Å². The van der Waals surface area contributed by atoms with E-state index in [0.717, 1.165) is 58.3 Å². The van der Waals surface area contributed by atoms with Crippen molar-refractivity contribution in [1.82, 2.24) is 20.4 Å². The topological polar surface area (TPSA) is 72.7 Å². The van der Waals surface area contributed by atoms with Gasteiger partial charge >= 0.3 is 0 Å². The summed E-state index contributed by atoms with van der Waals surface area (Å²) in [5.74, 6) is 0.802. The Balaban J connectivity index is 0.00000280. The van der Waals surface area contributed by atoms with Crippen LogP contribution in [0.25, 0.3) is 0 Å². The third kappa shape index (κ3) is 7.76. The highest BCUT2D eigenvalue weighted by Crippen LogP contribution is 2.08. The van der Waals surface area contributed by atoms with Gasteiger partial charge in [0.1, 0.15) is 0 Å². The molecule has 0 bridgehead atoms. The van der Waals surface area contributed by atoms with Crippen LogP contribution in [0.15, 0.2) is 47.7 Å². The van der Waals surface area contributed by atoms with Crippen LogP contribution < -0.4 is 10.6 Å². The van der Waals surface area contributed by atoms with E-state index < -0.39 is 0 Å². The van der Waals surface area contributed by atoms with Gasteiger partial charge < -0.3 is 20.1 Å². The molecule has 1 aromatic heterocycles. The van der Waals surface area contributed by atoms with Gasteiger partial charge in [-0.05, 0) is 30.0 Å². The van der Waals surface area contributed by atoms with Crippen LogP contribution in [0.3, 0.4) is 0 Å². The third-order valence-corrected chi connectivity index (χ3v) is 4.43. The lowest BCUT2D eigenvalue weighted by Gasteiger charge is -2.13. The molecule has 0 radical (unpaired) electrons. The first-order valence-electron chi connectivity index (χ1n) is 9.52. The minimum Gasteiger partial charge on any atom is -0.379 e. The lowest BCUT2D eigenvalue weighted by Crippen LogP contribution is -2.37. The molecule has 7 nitrogen and oxygen atoms in total. The van der Waals surface area contributed by atoms with Crippen molar-refractivity contribution in [1.29, 1.82) is 0 Å². The molecule has 28 heavy (non-hydrogen) atoms. The lowest BCUT2D eigenvalue weighted by atomic mass is 10.1. The molecule has 1 aromatic carbocycles. The average molecular weight is 499 g/mol. The van der Waals surface area contributed by atoms with Gasteiger partial charge in [0.05, 0.1) is 19.3 Å². The monoisotopic (exact) mass is 499 g/mol. The van der Waals surface area contributed by atoms with Crippen molar-refractivity contribution >= 4 is 29.9 Å². The minimum atomic E-state index is 0. The molecule has 1 aliphatic rings. The van der Waals surface area contributed by atoms with Gasteiger partial charge in [0.15, 0.2) is 5.96 Å². The molecule has 1 aliphatic heterocycles. The summed E-state index contributed by atoms with van der Waals surface area (Å²) in [5.41, 5.74) is 2.45. The van der Waals surface area contributed by atoms with Crippen molar-refractivity contribution in [2.75, 3.05) is 33.4 Å². The molecule has 2 N–H and O–H groups in total. The molecule has 1 fully saturated rings. The van der Waals surface area contributed by atoms with E-state index in [-0.39, 0.29) is 30.1 Å². The van der Waals surface area contributed by atoms with Crippen LogP contribution in [0.5, 0.6) is 0 Å². The van der Waals surface area contributed by atoms with Crippen LogP contribution in [-0.2, 0) is 22.6 Å². The zero-order valence-electron chi connectivity index (χ0n) is 16.3. The number of aromatic nitrogens is 2. The quantitative estimate of drug-likeness (QED) is 0.240. The smallest absolute Gasteiger partial charge is 0.191 e. The Hall–Kier alpha value is -1.65. The molecule has 0 amide bonds. The molecule has 0 saturated carbocycles. The van der Waals surface area contributed by atoms with Gasteiger partial charge in [-0.1, -0.05) is 24.3 Å². The fourth-order valence-corrected chi connectivity index (χ4v) is 3.00. The summed E-state index contributed by atoms with van der Waals surface area (Å²) in [6, 6.07) is 10.4. The van der Waals surface area contributed by atoms with Gasteiger partial charge in [-0.25, -0.2) is 0 Å². The second-order valence-electron chi connectivity index (χ2n) is 6.59. The number of halogens is 1. The van der Waals surface area contributed by atoms with E-state index in [9.17, 15) is 0 Å². The Morgan fingerprint density at radius 3 is 2.96 bits per heavy atom. The molecule has 0 spiro atoms. The predicted octanol–water partition coefficient (Wildman–Crippen LogP) is 2.41. The van der Waals surface area contributed by atoms with Gasteiger partial charge in [-0.2, -0.15) is 5.10 Å². The summed E-state index contributed by atoms with van der Waals surface area (Å²) in [7, 11) is 1.79. The maximum atomic E-state index is 5.77. The summed E-state index contributed by atoms with van der Waals surface area (Å²) >= 11 is 0. The van der Waals surface area contributed by atoms with Crippen LogP contribution >= 0.6 is 24.0 Å². The van der Waals surface area contributed by atoms with E-state index >= 15 is 0 Å². The zero-order chi connectivity index (χ0) is 18.7. The molecule has 1 saturated heterocycles. The molecular formula is C20H30IN5O2. The van der Waals surface area contributed by atoms with E-state index in [1.165, 1.54) is 11.1 Å². The Bertz CT molecular complexity index is 702. The van der Waals surface area contributed by atoms with Crippen molar-refractivity contribution in [3.05, 3.63) is 53.9 Å². The van der Waals surface area contributed by atoms with Gasteiger partial charge in [0.2, 0.25) is 0 Å². The molecule has 1 unspecified atom stereocenters. The summed E-state index contributed by atoms with van der Waals surface area (Å²) < 4.78 is 13.0. The number of hydrogen-bond acceptors (Lipinski definition) is 4. The molecule has 8 heteroatoms. The van der Waals surface area contributed by atoms with Crippen molar-refractivity contribution in [2.24, 2.45) is 4.99 Å². The number of benzene rings is 1. The van der Waals surface area contributed by atoms with Crippen LogP contribution in [0.1, 0.15) is 24.0 Å². The molecule has 154 valence electrons. The van der Waals surface area contributed by atoms with Gasteiger partial charge in [0.25, 0.3) is 0 Å². The first-order valence-corrected chi connectivity index (χ1v) is 9.52. The maximum absolute atomic E-state index is 5.77. The first kappa shape index (κ1) is 22.6. The molecule has 0 aliphatic carbocycles. The number of guanidine groups is 1. The first-order chi connectivity index (χ1) is 13.3. The fraction of sp³-hybridized carbons (Fsp3) is 0.500. The molecular weight excluding hydrogens is 469 g/mol. The summed E-state index contributed by atoms with van der Waals surface area (Å²) in [5, 5.41) is 10.9. The number of nitrogens with one attached hydrogen (secondary N) is 2.